The molecule has 24 heavy (non-hydrogen) atoms. The fraction of sp³-hybridized carbons (Fsp3) is 0.444. The van der Waals surface area contributed by atoms with E-state index in [0.717, 1.165) is 30.6 Å². The quantitative estimate of drug-likeness (QED) is 0.904. The molecule has 0 aliphatic carbocycles. The highest BCUT2D eigenvalue weighted by molar-refractivity contribution is 5.74. The van der Waals surface area contributed by atoms with E-state index in [4.69, 9.17) is 0 Å². The molecule has 1 saturated heterocycles. The first-order chi connectivity index (χ1) is 11.6. The lowest BCUT2D eigenvalue weighted by atomic mass is 9.94. The molecule has 0 bridgehead atoms. The van der Waals surface area contributed by atoms with Gasteiger partial charge >= 0.3 is 6.03 Å². The van der Waals surface area contributed by atoms with Crippen LogP contribution in [0.1, 0.15) is 25.3 Å². The lowest BCUT2D eigenvalue weighted by molar-refractivity contribution is 0.0738. The Morgan fingerprint density at radius 1 is 1.46 bits per heavy atom. The minimum absolute atomic E-state index is 0.0650. The molecule has 3 rings (SSSR count). The lowest BCUT2D eigenvalue weighted by Crippen LogP contribution is -2.47. The van der Waals surface area contributed by atoms with Crippen LogP contribution in [0.15, 0.2) is 42.7 Å². The van der Waals surface area contributed by atoms with Crippen molar-refractivity contribution in [3.63, 3.8) is 0 Å². The Labute approximate surface area is 142 Å². The van der Waals surface area contributed by atoms with Gasteiger partial charge in [-0.05, 0) is 43.5 Å². The van der Waals surface area contributed by atoms with Gasteiger partial charge in [-0.1, -0.05) is 12.1 Å². The molecule has 0 saturated carbocycles. The number of carbonyl (C=O) groups excluding carboxylic acids is 1. The van der Waals surface area contributed by atoms with Gasteiger partial charge in [-0.25, -0.2) is 9.48 Å². The minimum atomic E-state index is -0.369. The molecule has 6 heteroatoms. The van der Waals surface area contributed by atoms with E-state index < -0.39 is 0 Å². The standard InChI is InChI=1S/C18H24N4O2/c1-14(23)16-6-3-9-21(13-16)18(24)19-12-15-5-2-7-17(11-15)22-10-4-8-20-22/h2,4-5,7-8,10-11,14,16,23H,3,6,9,12-13H2,1H3,(H,19,24). The molecule has 2 unspecified atom stereocenters. The number of rotatable bonds is 4. The number of hydrogen-bond donors (Lipinski definition) is 2. The second-order valence-electron chi connectivity index (χ2n) is 6.37. The molecule has 1 aromatic carbocycles. The normalized spacial score (nSPS) is 19.1. The van der Waals surface area contributed by atoms with Gasteiger partial charge in [0.2, 0.25) is 0 Å². The van der Waals surface area contributed by atoms with E-state index >= 15 is 0 Å². The highest BCUT2D eigenvalue weighted by Crippen LogP contribution is 2.19. The smallest absolute Gasteiger partial charge is 0.317 e. The van der Waals surface area contributed by atoms with Gasteiger partial charge in [-0.2, -0.15) is 5.10 Å². The van der Waals surface area contributed by atoms with E-state index in [9.17, 15) is 9.90 Å². The number of urea groups is 1. The van der Waals surface area contributed by atoms with Gasteiger partial charge in [-0.15, -0.1) is 0 Å². The van der Waals surface area contributed by atoms with E-state index in [0.29, 0.717) is 13.1 Å². The van der Waals surface area contributed by atoms with Crippen molar-refractivity contribution >= 4 is 6.03 Å². The number of nitrogens with one attached hydrogen (secondary N) is 1. The predicted octanol–water partition coefficient (Wildman–Crippen LogP) is 2.17. The van der Waals surface area contributed by atoms with E-state index in [2.05, 4.69) is 10.4 Å². The van der Waals surface area contributed by atoms with Gasteiger partial charge in [0, 0.05) is 37.9 Å². The molecule has 0 radical (unpaired) electrons. The van der Waals surface area contributed by atoms with Crippen molar-refractivity contribution < 1.29 is 9.90 Å². The summed E-state index contributed by atoms with van der Waals surface area (Å²) < 4.78 is 1.79. The van der Waals surface area contributed by atoms with Crippen LogP contribution in [-0.2, 0) is 6.54 Å². The molecule has 1 aliphatic heterocycles. The molecule has 1 aliphatic rings. The third-order valence-electron chi connectivity index (χ3n) is 4.55. The summed E-state index contributed by atoms with van der Waals surface area (Å²) in [5.41, 5.74) is 2.00. The van der Waals surface area contributed by atoms with E-state index in [1.54, 1.807) is 22.7 Å². The predicted molar refractivity (Wildman–Crippen MR) is 91.8 cm³/mol. The first-order valence-corrected chi connectivity index (χ1v) is 8.43. The van der Waals surface area contributed by atoms with Gasteiger partial charge in [0.1, 0.15) is 0 Å². The van der Waals surface area contributed by atoms with Gasteiger partial charge in [0.15, 0.2) is 0 Å². The third-order valence-corrected chi connectivity index (χ3v) is 4.55. The van der Waals surface area contributed by atoms with Gasteiger partial charge in [0.05, 0.1) is 11.8 Å². The SMILES string of the molecule is CC(O)C1CCCN(C(=O)NCc2cccc(-n3cccn3)c2)C1. The first-order valence-electron chi connectivity index (χ1n) is 8.43. The van der Waals surface area contributed by atoms with Gasteiger partial charge < -0.3 is 15.3 Å². The molecule has 2 aromatic rings. The van der Waals surface area contributed by atoms with Crippen molar-refractivity contribution in [2.45, 2.75) is 32.4 Å². The number of likely N-dealkylation sites (tertiary alicyclic amines) is 1. The number of aliphatic hydroxyl groups excluding tert-OH is 1. The maximum absolute atomic E-state index is 12.4. The van der Waals surface area contributed by atoms with Crippen LogP contribution in [0, 0.1) is 5.92 Å². The summed E-state index contributed by atoms with van der Waals surface area (Å²) in [5.74, 6) is 0.174. The maximum atomic E-state index is 12.4. The molecule has 2 atom stereocenters. The van der Waals surface area contributed by atoms with E-state index in [1.807, 2.05) is 36.5 Å². The Kier molecular flexibility index (Phi) is 5.15. The summed E-state index contributed by atoms with van der Waals surface area (Å²) in [7, 11) is 0. The zero-order valence-corrected chi connectivity index (χ0v) is 13.9. The topological polar surface area (TPSA) is 70.4 Å². The minimum Gasteiger partial charge on any atom is -0.393 e. The molecule has 1 aromatic heterocycles. The summed E-state index contributed by atoms with van der Waals surface area (Å²) in [5, 5.41) is 16.9. The van der Waals surface area contributed by atoms with Crippen LogP contribution in [0.25, 0.3) is 5.69 Å². The highest BCUT2D eigenvalue weighted by Gasteiger charge is 2.26. The van der Waals surface area contributed by atoms with Crippen molar-refractivity contribution in [1.29, 1.82) is 0 Å². The largest absolute Gasteiger partial charge is 0.393 e. The Balaban J connectivity index is 1.57. The van der Waals surface area contributed by atoms with Crippen LogP contribution < -0.4 is 5.32 Å². The number of hydrogen-bond acceptors (Lipinski definition) is 3. The fourth-order valence-electron chi connectivity index (χ4n) is 3.11. The summed E-state index contributed by atoms with van der Waals surface area (Å²) in [6.07, 6.45) is 5.18. The second-order valence-corrected chi connectivity index (χ2v) is 6.37. The van der Waals surface area contributed by atoms with Crippen molar-refractivity contribution in [3.8, 4) is 5.69 Å². The Morgan fingerprint density at radius 2 is 2.33 bits per heavy atom. The van der Waals surface area contributed by atoms with Crippen LogP contribution in [0.4, 0.5) is 4.79 Å². The zero-order chi connectivity index (χ0) is 16.9. The van der Waals surface area contributed by atoms with Crippen LogP contribution >= 0.6 is 0 Å². The molecule has 2 heterocycles. The molecule has 6 nitrogen and oxygen atoms in total. The van der Waals surface area contributed by atoms with Crippen molar-refractivity contribution in [1.82, 2.24) is 20.0 Å². The second kappa shape index (κ2) is 7.49. The van der Waals surface area contributed by atoms with E-state index in [1.165, 1.54) is 0 Å². The number of aromatic nitrogens is 2. The average molecular weight is 328 g/mol. The molecular weight excluding hydrogens is 304 g/mol. The molecule has 1 fully saturated rings. The number of amides is 2. The zero-order valence-electron chi connectivity index (χ0n) is 13.9. The van der Waals surface area contributed by atoms with Crippen molar-refractivity contribution in [2.24, 2.45) is 5.92 Å². The lowest BCUT2D eigenvalue weighted by Gasteiger charge is -2.34. The van der Waals surface area contributed by atoms with Gasteiger partial charge in [-0.3, -0.25) is 0 Å². The van der Waals surface area contributed by atoms with Crippen LogP contribution in [-0.4, -0.2) is 45.0 Å². The van der Waals surface area contributed by atoms with E-state index in [-0.39, 0.29) is 18.1 Å². The van der Waals surface area contributed by atoms with Crippen LogP contribution in [0.2, 0.25) is 0 Å². The van der Waals surface area contributed by atoms with Crippen molar-refractivity contribution in [3.05, 3.63) is 48.3 Å². The molecule has 2 N–H and O–H groups in total. The fourth-order valence-corrected chi connectivity index (χ4v) is 3.11. The summed E-state index contributed by atoms with van der Waals surface area (Å²) in [4.78, 5) is 14.2. The Morgan fingerprint density at radius 3 is 3.08 bits per heavy atom. The Hall–Kier alpha value is -2.34. The third kappa shape index (κ3) is 3.94. The molecular formula is C18H24N4O2. The number of piperidine rings is 1. The summed E-state index contributed by atoms with van der Waals surface area (Å²) in [6, 6.07) is 9.76. The maximum Gasteiger partial charge on any atom is 0.317 e. The van der Waals surface area contributed by atoms with Crippen molar-refractivity contribution in [2.75, 3.05) is 13.1 Å². The van der Waals surface area contributed by atoms with Gasteiger partial charge in [0.25, 0.3) is 0 Å². The summed E-state index contributed by atoms with van der Waals surface area (Å²) in [6.45, 7) is 3.65. The molecule has 2 amide bonds. The molecule has 128 valence electrons. The first kappa shape index (κ1) is 16.5. The van der Waals surface area contributed by atoms with Crippen LogP contribution in [0.5, 0.6) is 0 Å². The molecule has 0 spiro atoms. The van der Waals surface area contributed by atoms with Crippen LogP contribution in [0.3, 0.4) is 0 Å². The average Bonchev–Trinajstić information content (AvgIpc) is 3.15. The number of aliphatic hydroxyl groups is 1. The number of nitrogens with zero attached hydrogens (tertiary/aromatic N) is 3. The monoisotopic (exact) mass is 328 g/mol. The summed E-state index contributed by atoms with van der Waals surface area (Å²) >= 11 is 0. The number of carbonyl (C=O) groups is 1. The highest BCUT2D eigenvalue weighted by atomic mass is 16.3. The Bertz CT molecular complexity index is 669. The number of benzene rings is 1.